The van der Waals surface area contributed by atoms with E-state index in [0.717, 1.165) is 28.8 Å². The molecule has 1 aromatic carbocycles. The lowest BCUT2D eigenvalue weighted by molar-refractivity contribution is 0.578. The van der Waals surface area contributed by atoms with Gasteiger partial charge in [-0.3, -0.25) is 0 Å². The maximum atomic E-state index is 5.97. The van der Waals surface area contributed by atoms with E-state index in [-0.39, 0.29) is 0 Å². The van der Waals surface area contributed by atoms with Gasteiger partial charge in [-0.2, -0.15) is 0 Å². The van der Waals surface area contributed by atoms with Gasteiger partial charge in [0.05, 0.1) is 0 Å². The zero-order valence-corrected chi connectivity index (χ0v) is 10.7. The summed E-state index contributed by atoms with van der Waals surface area (Å²) in [6.45, 7) is 4.36. The minimum atomic E-state index is 0.880. The van der Waals surface area contributed by atoms with E-state index in [0.29, 0.717) is 0 Å². The monoisotopic (exact) mass is 268 g/mol. The van der Waals surface area contributed by atoms with Crippen molar-refractivity contribution in [1.29, 1.82) is 0 Å². The van der Waals surface area contributed by atoms with Crippen molar-refractivity contribution in [2.45, 2.75) is 26.2 Å². The Hall–Kier alpha value is -0.700. The molecule has 15 heavy (non-hydrogen) atoms. The standard InChI is InChI=1S/C12H17BrN2/c1-9-11(13)7-10(8-12(9)14)15-5-3-2-4-6-15/h7-8H,2-6,14H2,1H3. The number of halogens is 1. The van der Waals surface area contributed by atoms with E-state index < -0.39 is 0 Å². The van der Waals surface area contributed by atoms with Crippen LogP contribution in [0.2, 0.25) is 0 Å². The van der Waals surface area contributed by atoms with Crippen LogP contribution in [0.25, 0.3) is 0 Å². The van der Waals surface area contributed by atoms with E-state index in [9.17, 15) is 0 Å². The summed E-state index contributed by atoms with van der Waals surface area (Å²) < 4.78 is 1.11. The lowest BCUT2D eigenvalue weighted by Crippen LogP contribution is -2.29. The predicted octanol–water partition coefficient (Wildman–Crippen LogP) is 3.33. The largest absolute Gasteiger partial charge is 0.398 e. The van der Waals surface area contributed by atoms with E-state index in [4.69, 9.17) is 5.73 Å². The minimum Gasteiger partial charge on any atom is -0.398 e. The third-order valence-corrected chi connectivity index (χ3v) is 3.91. The number of rotatable bonds is 1. The van der Waals surface area contributed by atoms with E-state index in [1.54, 1.807) is 0 Å². The van der Waals surface area contributed by atoms with Crippen LogP contribution in [0.4, 0.5) is 11.4 Å². The van der Waals surface area contributed by atoms with Gasteiger partial charge in [0.15, 0.2) is 0 Å². The number of anilines is 2. The molecule has 1 aliphatic heterocycles. The predicted molar refractivity (Wildman–Crippen MR) is 69.4 cm³/mol. The second-order valence-corrected chi connectivity index (χ2v) is 5.04. The van der Waals surface area contributed by atoms with Gasteiger partial charge >= 0.3 is 0 Å². The lowest BCUT2D eigenvalue weighted by Gasteiger charge is -2.29. The first-order chi connectivity index (χ1) is 7.18. The molecule has 2 N–H and O–H groups in total. The zero-order valence-electron chi connectivity index (χ0n) is 9.09. The Labute approximate surface area is 99.6 Å². The first-order valence-corrected chi connectivity index (χ1v) is 6.28. The van der Waals surface area contributed by atoms with Crippen LogP contribution >= 0.6 is 15.9 Å². The molecule has 1 fully saturated rings. The van der Waals surface area contributed by atoms with Gasteiger partial charge in [-0.25, -0.2) is 0 Å². The van der Waals surface area contributed by atoms with Gasteiger partial charge in [0.25, 0.3) is 0 Å². The fraction of sp³-hybridized carbons (Fsp3) is 0.500. The number of benzene rings is 1. The van der Waals surface area contributed by atoms with Crippen LogP contribution in [-0.4, -0.2) is 13.1 Å². The first kappa shape index (κ1) is 10.8. The highest BCUT2D eigenvalue weighted by molar-refractivity contribution is 9.10. The number of hydrogen-bond donors (Lipinski definition) is 1. The molecule has 0 radical (unpaired) electrons. The van der Waals surface area contributed by atoms with Gasteiger partial charge in [0.2, 0.25) is 0 Å². The SMILES string of the molecule is Cc1c(N)cc(N2CCCCC2)cc1Br. The smallest absolute Gasteiger partial charge is 0.0398 e. The third kappa shape index (κ3) is 2.28. The highest BCUT2D eigenvalue weighted by Crippen LogP contribution is 2.30. The molecular formula is C12H17BrN2. The quantitative estimate of drug-likeness (QED) is 0.792. The van der Waals surface area contributed by atoms with Crippen molar-refractivity contribution in [2.75, 3.05) is 23.7 Å². The average molecular weight is 269 g/mol. The molecule has 0 spiro atoms. The molecular weight excluding hydrogens is 252 g/mol. The molecule has 1 aromatic rings. The van der Waals surface area contributed by atoms with Crippen LogP contribution in [-0.2, 0) is 0 Å². The van der Waals surface area contributed by atoms with Crippen molar-refractivity contribution in [3.05, 3.63) is 22.2 Å². The molecule has 2 nitrogen and oxygen atoms in total. The second kappa shape index (κ2) is 4.44. The van der Waals surface area contributed by atoms with Crippen LogP contribution in [0.15, 0.2) is 16.6 Å². The summed E-state index contributed by atoms with van der Waals surface area (Å²) in [6, 6.07) is 4.27. The molecule has 82 valence electrons. The molecule has 0 amide bonds. The van der Waals surface area contributed by atoms with Crippen LogP contribution in [0, 0.1) is 6.92 Å². The molecule has 0 atom stereocenters. The normalized spacial score (nSPS) is 16.8. The Morgan fingerprint density at radius 3 is 2.47 bits per heavy atom. The number of hydrogen-bond acceptors (Lipinski definition) is 2. The summed E-state index contributed by atoms with van der Waals surface area (Å²) in [6.07, 6.45) is 3.95. The first-order valence-electron chi connectivity index (χ1n) is 5.49. The van der Waals surface area contributed by atoms with Crippen molar-refractivity contribution in [3.8, 4) is 0 Å². The van der Waals surface area contributed by atoms with Gasteiger partial charge in [-0.15, -0.1) is 0 Å². The number of piperidine rings is 1. The molecule has 0 bridgehead atoms. The fourth-order valence-corrected chi connectivity index (χ4v) is 2.48. The molecule has 1 saturated heterocycles. The van der Waals surface area contributed by atoms with Gasteiger partial charge in [-0.05, 0) is 43.9 Å². The molecule has 0 saturated carbocycles. The molecule has 1 aliphatic rings. The maximum absolute atomic E-state index is 5.97. The fourth-order valence-electron chi connectivity index (χ4n) is 2.02. The van der Waals surface area contributed by atoms with Crippen molar-refractivity contribution < 1.29 is 0 Å². The van der Waals surface area contributed by atoms with E-state index in [1.165, 1.54) is 24.9 Å². The number of nitrogens with zero attached hydrogens (tertiary/aromatic N) is 1. The van der Waals surface area contributed by atoms with Crippen molar-refractivity contribution in [1.82, 2.24) is 0 Å². The van der Waals surface area contributed by atoms with Crippen molar-refractivity contribution >= 4 is 27.3 Å². The highest BCUT2D eigenvalue weighted by atomic mass is 79.9. The van der Waals surface area contributed by atoms with Gasteiger partial charge in [0.1, 0.15) is 0 Å². The van der Waals surface area contributed by atoms with Crippen LogP contribution in [0.1, 0.15) is 24.8 Å². The molecule has 1 heterocycles. The summed E-state index contributed by atoms with van der Waals surface area (Å²) in [5.74, 6) is 0. The van der Waals surface area contributed by atoms with E-state index >= 15 is 0 Å². The van der Waals surface area contributed by atoms with Gasteiger partial charge in [0, 0.05) is 28.9 Å². The molecule has 2 rings (SSSR count). The summed E-state index contributed by atoms with van der Waals surface area (Å²) >= 11 is 3.56. The summed E-state index contributed by atoms with van der Waals surface area (Å²) in [7, 11) is 0. The van der Waals surface area contributed by atoms with Crippen molar-refractivity contribution in [2.24, 2.45) is 0 Å². The average Bonchev–Trinajstić information content (AvgIpc) is 2.26. The Balaban J connectivity index is 2.27. The third-order valence-electron chi connectivity index (χ3n) is 3.09. The Bertz CT molecular complexity index is 334. The van der Waals surface area contributed by atoms with Crippen molar-refractivity contribution in [3.63, 3.8) is 0 Å². The number of nitrogen functional groups attached to an aromatic ring is 1. The minimum absolute atomic E-state index is 0.880. The van der Waals surface area contributed by atoms with Gasteiger partial charge in [-0.1, -0.05) is 15.9 Å². The molecule has 0 unspecified atom stereocenters. The second-order valence-electron chi connectivity index (χ2n) is 4.19. The molecule has 0 aromatic heterocycles. The Morgan fingerprint density at radius 2 is 1.87 bits per heavy atom. The Morgan fingerprint density at radius 1 is 1.20 bits per heavy atom. The van der Waals surface area contributed by atoms with E-state index in [1.807, 2.05) is 6.92 Å². The molecule has 3 heteroatoms. The summed E-state index contributed by atoms with van der Waals surface area (Å²) in [5, 5.41) is 0. The topological polar surface area (TPSA) is 29.3 Å². The van der Waals surface area contributed by atoms with E-state index in [2.05, 4.69) is 33.0 Å². The number of nitrogens with two attached hydrogens (primary N) is 1. The maximum Gasteiger partial charge on any atom is 0.0398 e. The van der Waals surface area contributed by atoms with Crippen LogP contribution < -0.4 is 10.6 Å². The van der Waals surface area contributed by atoms with Gasteiger partial charge < -0.3 is 10.6 Å². The zero-order chi connectivity index (χ0) is 10.8. The molecule has 0 aliphatic carbocycles. The lowest BCUT2D eigenvalue weighted by atomic mass is 10.1. The summed E-state index contributed by atoms with van der Waals surface area (Å²) in [4.78, 5) is 2.42. The Kier molecular flexibility index (Phi) is 3.19. The van der Waals surface area contributed by atoms with Crippen LogP contribution in [0.3, 0.4) is 0 Å². The van der Waals surface area contributed by atoms with Crippen LogP contribution in [0.5, 0.6) is 0 Å². The summed E-state index contributed by atoms with van der Waals surface area (Å²) in [5.41, 5.74) is 9.24. The highest BCUT2D eigenvalue weighted by Gasteiger charge is 2.12.